The number of rotatable bonds is 4. The quantitative estimate of drug-likeness (QED) is 0.320. The number of nitrogens with zero attached hydrogens (tertiary/aromatic N) is 3. The minimum atomic E-state index is -4.69. The summed E-state index contributed by atoms with van der Waals surface area (Å²) in [6, 6.07) is 3.40. The number of pyridine rings is 1. The van der Waals surface area contributed by atoms with Crippen molar-refractivity contribution in [2.75, 3.05) is 10.6 Å². The molecular weight excluding hydrogens is 475 g/mol. The summed E-state index contributed by atoms with van der Waals surface area (Å²) < 4.78 is 71.9. The number of halogens is 6. The zero-order valence-electron chi connectivity index (χ0n) is 16.0. The van der Waals surface area contributed by atoms with E-state index in [0.29, 0.717) is 17.1 Å². The third kappa shape index (κ3) is 4.77. The first-order valence-electron chi connectivity index (χ1n) is 8.89. The number of carbonyl (C=O) groups is 1. The molecule has 14 heteroatoms. The number of urea groups is 1. The highest BCUT2D eigenvalue weighted by atomic mass is 35.5. The molecule has 0 aliphatic rings. The molecule has 33 heavy (non-hydrogen) atoms. The van der Waals surface area contributed by atoms with Crippen molar-refractivity contribution in [2.24, 2.45) is 0 Å². The highest BCUT2D eigenvalue weighted by Crippen LogP contribution is 2.36. The highest BCUT2D eigenvalue weighted by Gasteiger charge is 2.33. The number of nitrogens with one attached hydrogen (secondary N) is 3. The highest BCUT2D eigenvalue weighted by molar-refractivity contribution is 6.36. The second-order valence-corrected chi connectivity index (χ2v) is 6.83. The molecule has 0 bridgehead atoms. The van der Waals surface area contributed by atoms with E-state index in [1.165, 1.54) is 18.5 Å². The number of aromatic amines is 1. The van der Waals surface area contributed by atoms with Crippen LogP contribution < -0.4 is 15.4 Å². The number of hydrogen-bond donors (Lipinski definition) is 3. The number of hydrogen-bond acceptors (Lipinski definition) is 5. The van der Waals surface area contributed by atoms with Gasteiger partial charge in [-0.25, -0.2) is 18.6 Å². The number of alkyl halides is 3. The van der Waals surface area contributed by atoms with Crippen molar-refractivity contribution >= 4 is 40.2 Å². The van der Waals surface area contributed by atoms with Crippen LogP contribution in [0.25, 0.3) is 11.0 Å². The van der Waals surface area contributed by atoms with Gasteiger partial charge in [-0.1, -0.05) is 11.6 Å². The van der Waals surface area contributed by atoms with Gasteiger partial charge in [0.2, 0.25) is 0 Å². The first-order chi connectivity index (χ1) is 15.6. The van der Waals surface area contributed by atoms with E-state index in [2.05, 4.69) is 30.8 Å². The van der Waals surface area contributed by atoms with Crippen LogP contribution in [0.4, 0.5) is 38.3 Å². The summed E-state index contributed by atoms with van der Waals surface area (Å²) in [6.45, 7) is 0. The lowest BCUT2D eigenvalue weighted by molar-refractivity contribution is -0.141. The summed E-state index contributed by atoms with van der Waals surface area (Å²) in [6.07, 6.45) is -1.91. The first kappa shape index (κ1) is 22.2. The van der Waals surface area contributed by atoms with Gasteiger partial charge in [0.05, 0.1) is 10.4 Å². The van der Waals surface area contributed by atoms with Crippen LogP contribution in [0.3, 0.4) is 0 Å². The van der Waals surface area contributed by atoms with Gasteiger partial charge in [-0.05, 0) is 18.2 Å². The van der Waals surface area contributed by atoms with Crippen LogP contribution >= 0.6 is 11.6 Å². The van der Waals surface area contributed by atoms with E-state index in [0.717, 1.165) is 18.2 Å². The molecule has 0 unspecified atom stereocenters. The van der Waals surface area contributed by atoms with Crippen molar-refractivity contribution < 1.29 is 31.5 Å². The average Bonchev–Trinajstić information content (AvgIpc) is 3.12. The Balaban J connectivity index is 1.49. The SMILES string of the molecule is O=C(Nc1cc(F)c(Oc2ccnc3[nH]cc(Cl)c23)c(F)c1)Nc1ccc(C(F)(F)F)nn1. The molecule has 3 heterocycles. The van der Waals surface area contributed by atoms with Gasteiger partial charge < -0.3 is 15.0 Å². The van der Waals surface area contributed by atoms with Crippen LogP contribution in [-0.4, -0.2) is 26.2 Å². The summed E-state index contributed by atoms with van der Waals surface area (Å²) >= 11 is 6.05. The number of fused-ring (bicyclic) bond motifs is 1. The largest absolute Gasteiger partial charge is 0.450 e. The van der Waals surface area contributed by atoms with Gasteiger partial charge in [0, 0.05) is 30.2 Å². The van der Waals surface area contributed by atoms with Crippen LogP contribution in [0.1, 0.15) is 5.69 Å². The Hall–Kier alpha value is -4.00. The number of carbonyl (C=O) groups excluding carboxylic acids is 1. The number of H-pyrrole nitrogens is 1. The van der Waals surface area contributed by atoms with Crippen molar-refractivity contribution in [3.8, 4) is 11.5 Å². The maximum atomic E-state index is 14.5. The van der Waals surface area contributed by atoms with Gasteiger partial charge in [-0.3, -0.25) is 5.32 Å². The molecule has 0 atom stereocenters. The van der Waals surface area contributed by atoms with Crippen molar-refractivity contribution in [1.29, 1.82) is 0 Å². The van der Waals surface area contributed by atoms with Gasteiger partial charge in [0.25, 0.3) is 0 Å². The van der Waals surface area contributed by atoms with Crippen LogP contribution in [0.5, 0.6) is 11.5 Å². The van der Waals surface area contributed by atoms with Crippen LogP contribution in [0.2, 0.25) is 5.02 Å². The molecule has 0 spiro atoms. The summed E-state index contributed by atoms with van der Waals surface area (Å²) in [5.41, 5.74) is -1.20. The summed E-state index contributed by atoms with van der Waals surface area (Å²) in [5.74, 6) is -3.30. The molecule has 0 radical (unpaired) electrons. The predicted octanol–water partition coefficient (Wildman–Crippen LogP) is 5.74. The average molecular weight is 485 g/mol. The molecule has 4 rings (SSSR count). The van der Waals surface area contributed by atoms with Gasteiger partial charge in [-0.2, -0.15) is 13.2 Å². The second kappa shape index (κ2) is 8.50. The lowest BCUT2D eigenvalue weighted by Crippen LogP contribution is -2.21. The molecule has 0 saturated carbocycles. The van der Waals surface area contributed by atoms with E-state index in [4.69, 9.17) is 16.3 Å². The molecular formula is C19H10ClF5N6O2. The molecule has 8 nitrogen and oxygen atoms in total. The summed E-state index contributed by atoms with van der Waals surface area (Å²) in [4.78, 5) is 18.8. The van der Waals surface area contributed by atoms with Gasteiger partial charge in [0.15, 0.2) is 28.9 Å². The lowest BCUT2D eigenvalue weighted by Gasteiger charge is -2.12. The zero-order chi connectivity index (χ0) is 23.8. The fraction of sp³-hybridized carbons (Fsp3) is 0.0526. The van der Waals surface area contributed by atoms with Crippen molar-refractivity contribution in [3.05, 3.63) is 65.1 Å². The van der Waals surface area contributed by atoms with Crippen molar-refractivity contribution in [2.45, 2.75) is 6.18 Å². The minimum Gasteiger partial charge on any atom is -0.450 e. The molecule has 170 valence electrons. The fourth-order valence-corrected chi connectivity index (χ4v) is 2.98. The van der Waals surface area contributed by atoms with E-state index in [1.807, 2.05) is 0 Å². The number of ether oxygens (including phenoxy) is 1. The number of anilines is 2. The fourth-order valence-electron chi connectivity index (χ4n) is 2.74. The Labute approximate surface area is 185 Å². The summed E-state index contributed by atoms with van der Waals surface area (Å²) in [5, 5.41) is 10.9. The topological polar surface area (TPSA) is 105 Å². The molecule has 3 N–H and O–H groups in total. The zero-order valence-corrected chi connectivity index (χ0v) is 16.7. The molecule has 4 aromatic rings. The van der Waals surface area contributed by atoms with Crippen LogP contribution in [0.15, 0.2) is 42.7 Å². The van der Waals surface area contributed by atoms with E-state index in [9.17, 15) is 26.7 Å². The monoisotopic (exact) mass is 484 g/mol. The summed E-state index contributed by atoms with van der Waals surface area (Å²) in [7, 11) is 0. The van der Waals surface area contributed by atoms with Crippen LogP contribution in [0, 0.1) is 11.6 Å². The van der Waals surface area contributed by atoms with Crippen molar-refractivity contribution in [3.63, 3.8) is 0 Å². The number of benzene rings is 1. The Morgan fingerprint density at radius 1 is 1.06 bits per heavy atom. The lowest BCUT2D eigenvalue weighted by atomic mass is 10.2. The van der Waals surface area contributed by atoms with Gasteiger partial charge in [0.1, 0.15) is 11.4 Å². The third-order valence-electron chi connectivity index (χ3n) is 4.15. The molecule has 3 aromatic heterocycles. The molecule has 1 aromatic carbocycles. The number of amides is 2. The first-order valence-corrected chi connectivity index (χ1v) is 9.27. The van der Waals surface area contributed by atoms with E-state index in [1.54, 1.807) is 0 Å². The number of aromatic nitrogens is 4. The van der Waals surface area contributed by atoms with E-state index < -0.39 is 35.3 Å². The normalized spacial score (nSPS) is 11.5. The third-order valence-corrected chi connectivity index (χ3v) is 4.45. The molecule has 0 fully saturated rings. The maximum Gasteiger partial charge on any atom is 0.435 e. The van der Waals surface area contributed by atoms with Gasteiger partial charge in [-0.15, -0.1) is 10.2 Å². The van der Waals surface area contributed by atoms with Crippen LogP contribution in [-0.2, 0) is 6.18 Å². The molecule has 0 aliphatic heterocycles. The molecule has 0 aliphatic carbocycles. The van der Waals surface area contributed by atoms with E-state index in [-0.39, 0.29) is 22.3 Å². The molecule has 0 saturated heterocycles. The Bertz CT molecular complexity index is 1320. The Kier molecular flexibility index (Phi) is 5.72. The van der Waals surface area contributed by atoms with E-state index >= 15 is 0 Å². The van der Waals surface area contributed by atoms with Crippen molar-refractivity contribution in [1.82, 2.24) is 20.2 Å². The Morgan fingerprint density at radius 2 is 1.79 bits per heavy atom. The second-order valence-electron chi connectivity index (χ2n) is 6.42. The molecule has 2 amide bonds. The predicted molar refractivity (Wildman–Crippen MR) is 107 cm³/mol. The maximum absolute atomic E-state index is 14.5. The minimum absolute atomic E-state index is 0.0448. The smallest absolute Gasteiger partial charge is 0.435 e. The standard InChI is InChI=1S/C19H10ClF5N6O2/c20-9-7-27-17-15(9)12(3-4-26-17)33-16-10(21)5-8(6-11(16)22)28-18(32)29-14-2-1-13(30-31-14)19(23,24)25/h1-7H,(H,26,27)(H2,28,29,31,32). The Morgan fingerprint density at radius 3 is 2.42 bits per heavy atom. The van der Waals surface area contributed by atoms with Gasteiger partial charge >= 0.3 is 12.2 Å².